The topological polar surface area (TPSA) is 241 Å². The Kier molecular flexibility index (Phi) is 16.5. The van der Waals surface area contributed by atoms with Crippen LogP contribution in [-0.4, -0.2) is 77.8 Å². The van der Waals surface area contributed by atoms with Crippen LogP contribution in [0.25, 0.3) is 0 Å². The Bertz CT molecular complexity index is 720. The highest BCUT2D eigenvalue weighted by atomic mass is 32.1. The fourth-order valence-electron chi connectivity index (χ4n) is 3.09. The Labute approximate surface area is 212 Å². The molecule has 0 aliphatic carbocycles. The zero-order valence-corrected chi connectivity index (χ0v) is 21.4. The van der Waals surface area contributed by atoms with Crippen molar-refractivity contribution in [3.05, 3.63) is 0 Å². The summed E-state index contributed by atoms with van der Waals surface area (Å²) in [5, 5.41) is 17.0. The largest absolute Gasteiger partial charge is 0.480 e. The molecule has 5 unspecified atom stereocenters. The molecule has 35 heavy (non-hydrogen) atoms. The van der Waals surface area contributed by atoms with Gasteiger partial charge in [0.2, 0.25) is 17.7 Å². The van der Waals surface area contributed by atoms with Crippen LogP contribution in [0.2, 0.25) is 0 Å². The molecule has 0 aromatic carbocycles. The highest BCUT2D eigenvalue weighted by molar-refractivity contribution is 7.80. The predicted octanol–water partition coefficient (Wildman–Crippen LogP) is -1.99. The fraction of sp³-hybridized carbons (Fsp3) is 0.762. The van der Waals surface area contributed by atoms with Gasteiger partial charge in [-0.1, -0.05) is 20.3 Å². The van der Waals surface area contributed by atoms with Crippen molar-refractivity contribution < 1.29 is 24.3 Å². The third-order valence-electron chi connectivity index (χ3n) is 5.48. The van der Waals surface area contributed by atoms with E-state index in [9.17, 15) is 24.3 Å². The van der Waals surface area contributed by atoms with Crippen molar-refractivity contribution in [2.45, 2.75) is 76.5 Å². The predicted molar refractivity (Wildman–Crippen MR) is 138 cm³/mol. The summed E-state index contributed by atoms with van der Waals surface area (Å²) < 4.78 is 0. The fourth-order valence-corrected chi connectivity index (χ4v) is 3.35. The van der Waals surface area contributed by atoms with E-state index in [1.165, 1.54) is 0 Å². The first-order valence-electron chi connectivity index (χ1n) is 11.7. The average molecular weight is 519 g/mol. The van der Waals surface area contributed by atoms with Crippen LogP contribution in [-0.2, 0) is 19.2 Å². The normalized spacial score (nSPS) is 15.1. The second-order valence-electron chi connectivity index (χ2n) is 8.35. The molecule has 0 heterocycles. The van der Waals surface area contributed by atoms with Gasteiger partial charge in [-0.05, 0) is 44.6 Å². The number of aliphatic imine (C=N–C) groups is 1. The molecule has 202 valence electrons. The molecule has 13 nitrogen and oxygen atoms in total. The zero-order chi connectivity index (χ0) is 27.0. The van der Waals surface area contributed by atoms with Gasteiger partial charge >= 0.3 is 5.97 Å². The van der Waals surface area contributed by atoms with Crippen molar-refractivity contribution in [3.8, 4) is 0 Å². The first kappa shape index (κ1) is 32.4. The van der Waals surface area contributed by atoms with Gasteiger partial charge in [-0.25, -0.2) is 4.79 Å². The lowest BCUT2D eigenvalue weighted by atomic mass is 9.99. The van der Waals surface area contributed by atoms with Gasteiger partial charge in [0.05, 0.1) is 6.04 Å². The number of thiol groups is 1. The van der Waals surface area contributed by atoms with E-state index in [-0.39, 0.29) is 24.1 Å². The number of aliphatic carboxylic acids is 1. The number of amides is 3. The van der Waals surface area contributed by atoms with Gasteiger partial charge in [-0.3, -0.25) is 19.4 Å². The standard InChI is InChI=1S/C21H42N8O5S/c1-3-12(2)16(20(33)34)29-19(32)15(11-35)28-18(31)14(8-4-5-9-22)27-17(30)13(23)7-6-10-26-21(24)25/h12-16,35H,3-11,22-23H2,1-2H3,(H,27,30)(H,28,31)(H,29,32)(H,33,34)(H4,24,25,26). The number of nitrogens with one attached hydrogen (secondary N) is 3. The van der Waals surface area contributed by atoms with E-state index in [0.717, 1.165) is 0 Å². The van der Waals surface area contributed by atoms with E-state index >= 15 is 0 Å². The highest BCUT2D eigenvalue weighted by Gasteiger charge is 2.31. The number of rotatable bonds is 18. The van der Waals surface area contributed by atoms with Crippen LogP contribution < -0.4 is 38.9 Å². The first-order valence-corrected chi connectivity index (χ1v) is 12.4. The Morgan fingerprint density at radius 3 is 2.06 bits per heavy atom. The zero-order valence-electron chi connectivity index (χ0n) is 20.5. The van der Waals surface area contributed by atoms with Crippen LogP contribution in [0.5, 0.6) is 0 Å². The van der Waals surface area contributed by atoms with Crippen LogP contribution in [0.1, 0.15) is 52.4 Å². The molecule has 12 N–H and O–H groups in total. The van der Waals surface area contributed by atoms with Gasteiger partial charge in [0.15, 0.2) is 5.96 Å². The summed E-state index contributed by atoms with van der Waals surface area (Å²) >= 11 is 4.12. The van der Waals surface area contributed by atoms with E-state index < -0.39 is 47.9 Å². The van der Waals surface area contributed by atoms with E-state index in [0.29, 0.717) is 45.2 Å². The number of hydrogen-bond donors (Lipinski definition) is 9. The van der Waals surface area contributed by atoms with Gasteiger partial charge in [-0.15, -0.1) is 0 Å². The molecular formula is C21H42N8O5S. The van der Waals surface area contributed by atoms with E-state index in [1.54, 1.807) is 6.92 Å². The van der Waals surface area contributed by atoms with Gasteiger partial charge < -0.3 is 44.0 Å². The van der Waals surface area contributed by atoms with Gasteiger partial charge in [0.1, 0.15) is 18.1 Å². The van der Waals surface area contributed by atoms with Crippen LogP contribution in [0.4, 0.5) is 0 Å². The van der Waals surface area contributed by atoms with Gasteiger partial charge in [-0.2, -0.15) is 12.6 Å². The third kappa shape index (κ3) is 13.2. The third-order valence-corrected chi connectivity index (χ3v) is 5.84. The van der Waals surface area contributed by atoms with Crippen LogP contribution in [0, 0.1) is 5.92 Å². The van der Waals surface area contributed by atoms with Crippen molar-refractivity contribution in [1.82, 2.24) is 16.0 Å². The van der Waals surface area contributed by atoms with Crippen molar-refractivity contribution in [1.29, 1.82) is 0 Å². The van der Waals surface area contributed by atoms with Crippen LogP contribution in [0.3, 0.4) is 0 Å². The van der Waals surface area contributed by atoms with Crippen molar-refractivity contribution in [3.63, 3.8) is 0 Å². The number of guanidine groups is 1. The van der Waals surface area contributed by atoms with Crippen molar-refractivity contribution >= 4 is 42.3 Å². The lowest BCUT2D eigenvalue weighted by Gasteiger charge is -2.26. The first-order chi connectivity index (χ1) is 16.5. The lowest BCUT2D eigenvalue weighted by Crippen LogP contribution is -2.58. The number of carboxylic acids is 1. The van der Waals surface area contributed by atoms with Crippen LogP contribution in [0.15, 0.2) is 4.99 Å². The van der Waals surface area contributed by atoms with E-state index in [4.69, 9.17) is 22.9 Å². The Hall–Kier alpha value is -2.58. The molecule has 0 spiro atoms. The lowest BCUT2D eigenvalue weighted by molar-refractivity contribution is -0.143. The molecule has 0 rings (SSSR count). The molecular weight excluding hydrogens is 476 g/mol. The minimum absolute atomic E-state index is 0.0544. The number of unbranched alkanes of at least 4 members (excludes halogenated alkanes) is 1. The highest BCUT2D eigenvalue weighted by Crippen LogP contribution is 2.09. The minimum Gasteiger partial charge on any atom is -0.480 e. The summed E-state index contributed by atoms with van der Waals surface area (Å²) in [6.07, 6.45) is 2.78. The molecule has 5 atom stereocenters. The maximum atomic E-state index is 12.9. The van der Waals surface area contributed by atoms with Crippen molar-refractivity contribution in [2.75, 3.05) is 18.8 Å². The second kappa shape index (κ2) is 17.8. The minimum atomic E-state index is -1.17. The maximum absolute atomic E-state index is 12.9. The summed E-state index contributed by atoms with van der Waals surface area (Å²) in [4.78, 5) is 53.5. The molecule has 0 saturated carbocycles. The molecule has 0 aromatic heterocycles. The average Bonchev–Trinajstić information content (AvgIpc) is 2.81. The summed E-state index contributed by atoms with van der Waals surface area (Å²) in [6.45, 7) is 4.25. The summed E-state index contributed by atoms with van der Waals surface area (Å²) in [7, 11) is 0. The Morgan fingerprint density at radius 2 is 1.54 bits per heavy atom. The van der Waals surface area contributed by atoms with Crippen LogP contribution >= 0.6 is 12.6 Å². The molecule has 0 saturated heterocycles. The van der Waals surface area contributed by atoms with E-state index in [2.05, 4.69) is 33.6 Å². The molecule has 0 aliphatic rings. The Morgan fingerprint density at radius 1 is 0.943 bits per heavy atom. The number of carboxylic acid groups (broad SMARTS) is 1. The van der Waals surface area contributed by atoms with Gasteiger partial charge in [0, 0.05) is 12.3 Å². The quantitative estimate of drug-likeness (QED) is 0.0421. The summed E-state index contributed by atoms with van der Waals surface area (Å²) in [6, 6.07) is -4.05. The molecule has 0 radical (unpaired) electrons. The van der Waals surface area contributed by atoms with Crippen molar-refractivity contribution in [2.24, 2.45) is 33.8 Å². The maximum Gasteiger partial charge on any atom is 0.326 e. The number of hydrogen-bond acceptors (Lipinski definition) is 8. The van der Waals surface area contributed by atoms with E-state index in [1.807, 2.05) is 6.92 Å². The monoisotopic (exact) mass is 518 g/mol. The number of nitrogens with zero attached hydrogens (tertiary/aromatic N) is 1. The summed E-state index contributed by atoms with van der Waals surface area (Å²) in [5.74, 6) is -3.42. The molecule has 0 bridgehead atoms. The molecule has 0 aromatic rings. The summed E-state index contributed by atoms with van der Waals surface area (Å²) in [5.41, 5.74) is 22.0. The SMILES string of the molecule is CCC(C)C(NC(=O)C(CS)NC(=O)C(CCCCN)NC(=O)C(N)CCCN=C(N)N)C(=O)O. The second-order valence-corrected chi connectivity index (χ2v) is 8.72. The van der Waals surface area contributed by atoms with Gasteiger partial charge in [0.25, 0.3) is 0 Å². The number of nitrogens with two attached hydrogens (primary N) is 4. The molecule has 0 fully saturated rings. The molecule has 0 aliphatic heterocycles. The number of carbonyl (C=O) groups excluding carboxylic acids is 3. The molecule has 14 heteroatoms. The molecule has 3 amide bonds. The Balaban J connectivity index is 5.22. The number of carbonyl (C=O) groups is 4. The smallest absolute Gasteiger partial charge is 0.326 e.